The fourth-order valence-electron chi connectivity index (χ4n) is 5.45. The Morgan fingerprint density at radius 2 is 1.61 bits per heavy atom. The molecular formula is C35H51Br4N3O7. The summed E-state index contributed by atoms with van der Waals surface area (Å²) in [5.41, 5.74) is 0.992. The molecule has 2 atom stereocenters. The Morgan fingerprint density at radius 1 is 0.959 bits per heavy atom. The van der Waals surface area contributed by atoms with Crippen LogP contribution in [-0.4, -0.2) is 68.8 Å². The third-order valence-electron chi connectivity index (χ3n) is 8.24. The number of carbonyl (C=O) groups excluding carboxylic acids is 1. The topological polar surface area (TPSA) is 120 Å². The number of ether oxygens (including phenoxy) is 4. The Hall–Kier alpha value is -1.16. The molecule has 276 valence electrons. The van der Waals surface area contributed by atoms with E-state index in [1.165, 1.54) is 77.6 Å². The van der Waals surface area contributed by atoms with Gasteiger partial charge in [0.25, 0.3) is 5.91 Å². The van der Waals surface area contributed by atoms with Crippen LogP contribution in [0.15, 0.2) is 47.2 Å². The van der Waals surface area contributed by atoms with Crippen molar-refractivity contribution >= 4 is 75.3 Å². The van der Waals surface area contributed by atoms with Gasteiger partial charge in [-0.3, -0.25) is 10.1 Å². The third-order valence-corrected chi connectivity index (χ3v) is 10.6. The molecule has 1 aromatic carbocycles. The minimum atomic E-state index is -1.59. The van der Waals surface area contributed by atoms with E-state index in [1.54, 1.807) is 0 Å². The maximum absolute atomic E-state index is 12.8. The van der Waals surface area contributed by atoms with Gasteiger partial charge in [0, 0.05) is 24.2 Å². The molecule has 10 nitrogen and oxygen atoms in total. The predicted octanol–water partition coefficient (Wildman–Crippen LogP) is 8.87. The van der Waals surface area contributed by atoms with E-state index in [4.69, 9.17) is 23.8 Å². The second kappa shape index (κ2) is 23.4. The van der Waals surface area contributed by atoms with Crippen molar-refractivity contribution in [3.05, 3.63) is 47.6 Å². The first-order valence-corrected chi connectivity index (χ1v) is 20.5. The second-order valence-electron chi connectivity index (χ2n) is 12.2. The first-order chi connectivity index (χ1) is 23.7. The molecule has 2 aliphatic rings. The van der Waals surface area contributed by atoms with Crippen LogP contribution in [0.5, 0.6) is 5.75 Å². The summed E-state index contributed by atoms with van der Waals surface area (Å²) in [5, 5.41) is 20.9. The summed E-state index contributed by atoms with van der Waals surface area (Å²) < 4.78 is 25.6. The van der Waals surface area contributed by atoms with Crippen molar-refractivity contribution in [1.82, 2.24) is 10.6 Å². The Labute approximate surface area is 325 Å². The molecule has 0 saturated heterocycles. The zero-order valence-corrected chi connectivity index (χ0v) is 34.9. The number of benzene rings is 1. The SMILES string of the molecule is CCCCCCCCCCCCCOCNCCc1cc(Br)c(OCCCNC(=O)C2=NO[C@@]3(CC(Br)=C(OC)C(Br)=CO3)[C@H]2O)c(Br)c1. The maximum Gasteiger partial charge on any atom is 0.311 e. The Bertz CT molecular complexity index is 1260. The zero-order valence-electron chi connectivity index (χ0n) is 28.6. The van der Waals surface area contributed by atoms with Gasteiger partial charge in [-0.2, -0.15) is 0 Å². The number of rotatable bonds is 24. The van der Waals surface area contributed by atoms with Crippen LogP contribution < -0.4 is 15.4 Å². The Morgan fingerprint density at radius 3 is 2.27 bits per heavy atom. The molecule has 3 N–H and O–H groups in total. The van der Waals surface area contributed by atoms with Crippen molar-refractivity contribution in [3.63, 3.8) is 0 Å². The lowest BCUT2D eigenvalue weighted by Crippen LogP contribution is -2.49. The van der Waals surface area contributed by atoms with Gasteiger partial charge in [-0.25, -0.2) is 0 Å². The number of carbonyl (C=O) groups is 1. The van der Waals surface area contributed by atoms with Gasteiger partial charge in [0.1, 0.15) is 17.8 Å². The van der Waals surface area contributed by atoms with Gasteiger partial charge in [-0.15, -0.1) is 0 Å². The number of unbranched alkanes of at least 4 members (excludes halogenated alkanes) is 10. The van der Waals surface area contributed by atoms with E-state index < -0.39 is 17.8 Å². The molecule has 0 fully saturated rings. The summed E-state index contributed by atoms with van der Waals surface area (Å²) in [6, 6.07) is 4.11. The van der Waals surface area contributed by atoms with Gasteiger partial charge < -0.3 is 34.2 Å². The lowest BCUT2D eigenvalue weighted by atomic mass is 10.0. The van der Waals surface area contributed by atoms with Gasteiger partial charge in [0.05, 0.1) is 40.3 Å². The molecular weight excluding hydrogens is 894 g/mol. The number of halogens is 4. The summed E-state index contributed by atoms with van der Waals surface area (Å²) >= 11 is 14.0. The number of allylic oxidation sites excluding steroid dienone is 1. The van der Waals surface area contributed by atoms with Crippen LogP contribution in [0.3, 0.4) is 0 Å². The van der Waals surface area contributed by atoms with Crippen molar-refractivity contribution in [2.45, 2.75) is 109 Å². The van der Waals surface area contributed by atoms with E-state index in [-0.39, 0.29) is 12.1 Å². The quantitative estimate of drug-likeness (QED) is 0.0696. The number of hydrogen-bond donors (Lipinski definition) is 3. The van der Waals surface area contributed by atoms with Crippen LogP contribution in [0.4, 0.5) is 0 Å². The van der Waals surface area contributed by atoms with Crippen LogP contribution in [0.2, 0.25) is 0 Å². The molecule has 3 rings (SSSR count). The third kappa shape index (κ3) is 14.1. The maximum atomic E-state index is 12.8. The molecule has 0 radical (unpaired) electrons. The highest BCUT2D eigenvalue weighted by Crippen LogP contribution is 2.41. The van der Waals surface area contributed by atoms with Crippen molar-refractivity contribution in [1.29, 1.82) is 0 Å². The number of amides is 1. The summed E-state index contributed by atoms with van der Waals surface area (Å²) in [7, 11) is 1.51. The van der Waals surface area contributed by atoms with Gasteiger partial charge in [-0.05, 0) is 84.7 Å². The van der Waals surface area contributed by atoms with E-state index in [9.17, 15) is 9.90 Å². The minimum Gasteiger partial charge on any atom is -0.495 e. The highest BCUT2D eigenvalue weighted by Gasteiger charge is 2.54. The lowest BCUT2D eigenvalue weighted by molar-refractivity contribution is -0.225. The number of nitrogens with one attached hydrogen (secondary N) is 2. The molecule has 0 aliphatic carbocycles. The Kier molecular flexibility index (Phi) is 20.2. The van der Waals surface area contributed by atoms with E-state index >= 15 is 0 Å². The van der Waals surface area contributed by atoms with Crippen LogP contribution in [0.1, 0.15) is 96.0 Å². The highest BCUT2D eigenvalue weighted by atomic mass is 79.9. The predicted molar refractivity (Wildman–Crippen MR) is 207 cm³/mol. The van der Waals surface area contributed by atoms with Crippen molar-refractivity contribution < 1.29 is 33.7 Å². The lowest BCUT2D eigenvalue weighted by Gasteiger charge is -2.27. The molecule has 14 heteroatoms. The molecule has 0 aromatic heterocycles. The summed E-state index contributed by atoms with van der Waals surface area (Å²) in [5.74, 6) is -0.953. The van der Waals surface area contributed by atoms with E-state index in [0.29, 0.717) is 46.8 Å². The summed E-state index contributed by atoms with van der Waals surface area (Å²) in [6.07, 6.45) is 16.1. The normalized spacial score (nSPS) is 18.9. The van der Waals surface area contributed by atoms with Crippen LogP contribution in [-0.2, 0) is 30.3 Å². The molecule has 2 aliphatic heterocycles. The monoisotopic (exact) mass is 941 g/mol. The van der Waals surface area contributed by atoms with Crippen LogP contribution in [0, 0.1) is 0 Å². The van der Waals surface area contributed by atoms with Crippen molar-refractivity contribution in [3.8, 4) is 5.75 Å². The largest absolute Gasteiger partial charge is 0.495 e. The standard InChI is InChI=1S/C35H51Br4N3O7/c1-3-4-5-6-7-8-9-10-11-12-13-18-46-24-40-17-15-25-20-26(36)32(27(37)21-25)47-19-14-16-41-34(44)30-33(43)35(49-42-30)22-28(38)31(45-2)29(39)23-48-35/h20-21,23,33,40,43H,3-19,22,24H2,1-2H3,(H,41,44)/t33-,35-/m0/s1. The second-order valence-corrected chi connectivity index (χ2v) is 15.7. The molecule has 49 heavy (non-hydrogen) atoms. The number of aliphatic hydroxyl groups is 1. The fourth-order valence-corrected chi connectivity index (χ4v) is 8.48. The number of hydrogen-bond acceptors (Lipinski definition) is 9. The van der Waals surface area contributed by atoms with Crippen molar-refractivity contribution in [2.75, 3.05) is 40.1 Å². The van der Waals surface area contributed by atoms with Gasteiger partial charge in [0.2, 0.25) is 0 Å². The smallest absolute Gasteiger partial charge is 0.311 e. The number of oxime groups is 1. The number of nitrogens with zero attached hydrogens (tertiary/aromatic N) is 1. The Balaban J connectivity index is 1.25. The highest BCUT2D eigenvalue weighted by molar-refractivity contribution is 9.12. The summed E-state index contributed by atoms with van der Waals surface area (Å²) in [4.78, 5) is 18.2. The molecule has 0 bridgehead atoms. The molecule has 1 amide bonds. The van der Waals surface area contributed by atoms with Crippen LogP contribution in [0.25, 0.3) is 0 Å². The first kappa shape index (κ1) is 42.3. The van der Waals surface area contributed by atoms with E-state index in [2.05, 4.69) is 98.6 Å². The minimum absolute atomic E-state index is 0.0735. The average molecular weight is 945 g/mol. The first-order valence-electron chi connectivity index (χ1n) is 17.3. The molecule has 0 unspecified atom stereocenters. The molecule has 1 aromatic rings. The average Bonchev–Trinajstić information content (AvgIpc) is 3.32. The summed E-state index contributed by atoms with van der Waals surface area (Å²) in [6.45, 7) is 5.12. The zero-order chi connectivity index (χ0) is 35.5. The van der Waals surface area contributed by atoms with Crippen LogP contribution >= 0.6 is 63.7 Å². The van der Waals surface area contributed by atoms with Gasteiger partial charge in [-0.1, -0.05) is 92.2 Å². The van der Waals surface area contributed by atoms with E-state index in [1.807, 2.05) is 0 Å². The van der Waals surface area contributed by atoms with Gasteiger partial charge >= 0.3 is 5.79 Å². The van der Waals surface area contributed by atoms with E-state index in [0.717, 1.165) is 40.5 Å². The molecule has 1 spiro atoms. The molecule has 2 heterocycles. The number of aliphatic hydroxyl groups excluding tert-OH is 1. The number of methoxy groups -OCH3 is 1. The molecule has 0 saturated carbocycles. The fraction of sp³-hybridized carbons (Fsp3) is 0.657. The van der Waals surface area contributed by atoms with Crippen molar-refractivity contribution in [2.24, 2.45) is 5.16 Å². The van der Waals surface area contributed by atoms with Gasteiger partial charge in [0.15, 0.2) is 11.8 Å².